The van der Waals surface area contributed by atoms with Gasteiger partial charge in [0.2, 0.25) is 0 Å². The van der Waals surface area contributed by atoms with Crippen LogP contribution in [0.2, 0.25) is 5.02 Å². The Labute approximate surface area is 123 Å². The molecule has 1 heterocycles. The maximum Gasteiger partial charge on any atom is 0.182 e. The van der Waals surface area contributed by atoms with Gasteiger partial charge in [-0.1, -0.05) is 11.6 Å². The van der Waals surface area contributed by atoms with E-state index in [4.69, 9.17) is 23.8 Å². The Morgan fingerprint density at radius 1 is 1.15 bits per heavy atom. The van der Waals surface area contributed by atoms with Crippen LogP contribution < -0.4 is 0 Å². The Bertz CT molecular complexity index is 883. The molecule has 1 N–H and O–H groups in total. The third-order valence-electron chi connectivity index (χ3n) is 3.12. The first-order valence-electron chi connectivity index (χ1n) is 5.83. The number of hydrogen-bond donors (Lipinski definition) is 1. The summed E-state index contributed by atoms with van der Waals surface area (Å²) in [6.07, 6.45) is 0. The van der Waals surface area contributed by atoms with Gasteiger partial charge in [0.1, 0.15) is 11.6 Å². The van der Waals surface area contributed by atoms with Crippen LogP contribution in [0.25, 0.3) is 16.7 Å². The van der Waals surface area contributed by atoms with E-state index in [0.717, 1.165) is 0 Å². The quantitative estimate of drug-likeness (QED) is 0.632. The second-order valence-electron chi connectivity index (χ2n) is 4.48. The molecule has 1 aromatic heterocycles. The molecule has 0 saturated heterocycles. The molecule has 0 unspecified atom stereocenters. The largest absolute Gasteiger partial charge is 0.330 e. The molecule has 0 radical (unpaired) electrons. The van der Waals surface area contributed by atoms with Crippen LogP contribution in [0.3, 0.4) is 0 Å². The van der Waals surface area contributed by atoms with Crippen molar-refractivity contribution in [1.82, 2.24) is 9.55 Å². The van der Waals surface area contributed by atoms with Crippen molar-refractivity contribution in [2.75, 3.05) is 0 Å². The number of hydrogen-bond acceptors (Lipinski definition) is 1. The molecular formula is C14H9ClF2N2S. The second-order valence-corrected chi connectivity index (χ2v) is 5.28. The smallest absolute Gasteiger partial charge is 0.182 e. The highest BCUT2D eigenvalue weighted by molar-refractivity contribution is 7.71. The number of H-pyrrole nitrogens is 1. The van der Waals surface area contributed by atoms with Gasteiger partial charge in [-0.15, -0.1) is 0 Å². The number of aryl methyl sites for hydroxylation is 1. The molecular weight excluding hydrogens is 302 g/mol. The van der Waals surface area contributed by atoms with Crippen molar-refractivity contribution in [2.45, 2.75) is 6.92 Å². The van der Waals surface area contributed by atoms with Crippen molar-refractivity contribution in [3.8, 4) is 5.69 Å². The van der Waals surface area contributed by atoms with Gasteiger partial charge in [-0.05, 0) is 49.0 Å². The van der Waals surface area contributed by atoms with Gasteiger partial charge >= 0.3 is 0 Å². The Balaban J connectivity index is 2.35. The average molecular weight is 311 g/mol. The van der Waals surface area contributed by atoms with Gasteiger partial charge in [0.15, 0.2) is 4.77 Å². The molecule has 3 aromatic rings. The van der Waals surface area contributed by atoms with Crippen LogP contribution in [0.15, 0.2) is 30.3 Å². The van der Waals surface area contributed by atoms with Gasteiger partial charge in [-0.25, -0.2) is 8.78 Å². The average Bonchev–Trinajstić information content (AvgIpc) is 2.69. The second kappa shape index (κ2) is 4.68. The van der Waals surface area contributed by atoms with Crippen LogP contribution in [-0.2, 0) is 0 Å². The number of benzene rings is 2. The molecule has 0 aliphatic heterocycles. The van der Waals surface area contributed by atoms with Crippen LogP contribution in [0.4, 0.5) is 8.78 Å². The van der Waals surface area contributed by atoms with Gasteiger partial charge in [0, 0.05) is 11.8 Å². The van der Waals surface area contributed by atoms with E-state index in [2.05, 4.69) is 4.98 Å². The molecule has 6 heteroatoms. The standard InChI is InChI=1S/C14H9ClF2N2S/c1-7-4-8(2-3-10(7)16)19-13-6-11(17)9(15)5-12(13)18-14(19)20/h2-6H,1H3,(H,18,20). The van der Waals surface area contributed by atoms with Crippen molar-refractivity contribution >= 4 is 34.9 Å². The zero-order valence-electron chi connectivity index (χ0n) is 10.4. The summed E-state index contributed by atoms with van der Waals surface area (Å²) in [6.45, 7) is 1.66. The number of nitrogens with zero attached hydrogens (tertiary/aromatic N) is 1. The molecule has 0 amide bonds. The highest BCUT2D eigenvalue weighted by Crippen LogP contribution is 2.26. The lowest BCUT2D eigenvalue weighted by molar-refractivity contribution is 0.618. The summed E-state index contributed by atoms with van der Waals surface area (Å²) in [4.78, 5) is 2.96. The van der Waals surface area contributed by atoms with Crippen molar-refractivity contribution in [3.05, 3.63) is 57.3 Å². The van der Waals surface area contributed by atoms with E-state index >= 15 is 0 Å². The summed E-state index contributed by atoms with van der Waals surface area (Å²) in [5.74, 6) is -0.824. The minimum absolute atomic E-state index is 0.0242. The maximum atomic E-state index is 13.6. The van der Waals surface area contributed by atoms with Crippen LogP contribution in [0.1, 0.15) is 5.56 Å². The summed E-state index contributed by atoms with van der Waals surface area (Å²) < 4.78 is 29.0. The van der Waals surface area contributed by atoms with E-state index in [9.17, 15) is 8.78 Å². The van der Waals surface area contributed by atoms with Crippen molar-refractivity contribution in [1.29, 1.82) is 0 Å². The molecule has 0 bridgehead atoms. The minimum Gasteiger partial charge on any atom is -0.330 e. The molecule has 2 nitrogen and oxygen atoms in total. The summed E-state index contributed by atoms with van der Waals surface area (Å²) >= 11 is 11.0. The van der Waals surface area contributed by atoms with Gasteiger partial charge in [0.25, 0.3) is 0 Å². The molecule has 3 rings (SSSR count). The number of nitrogens with one attached hydrogen (secondary N) is 1. The minimum atomic E-state index is -0.527. The van der Waals surface area contributed by atoms with Gasteiger partial charge < -0.3 is 4.98 Å². The normalized spacial score (nSPS) is 11.2. The molecule has 0 saturated carbocycles. The van der Waals surface area contributed by atoms with E-state index in [1.165, 1.54) is 18.2 Å². The molecule has 2 aromatic carbocycles. The lowest BCUT2D eigenvalue weighted by Gasteiger charge is -2.06. The molecule has 0 aliphatic carbocycles. The molecule has 102 valence electrons. The first-order valence-corrected chi connectivity index (χ1v) is 6.62. The third kappa shape index (κ3) is 2.03. The van der Waals surface area contributed by atoms with Crippen molar-refractivity contribution in [3.63, 3.8) is 0 Å². The molecule has 0 aliphatic rings. The summed E-state index contributed by atoms with van der Waals surface area (Å²) in [5, 5.41) is 0.0242. The SMILES string of the molecule is Cc1cc(-n2c(=S)[nH]c3cc(Cl)c(F)cc32)ccc1F. The van der Waals surface area contributed by atoms with E-state index < -0.39 is 5.82 Å². The number of fused-ring (bicyclic) bond motifs is 1. The fourth-order valence-electron chi connectivity index (χ4n) is 2.13. The highest BCUT2D eigenvalue weighted by Gasteiger charge is 2.11. The highest BCUT2D eigenvalue weighted by atomic mass is 35.5. The Morgan fingerprint density at radius 3 is 2.60 bits per heavy atom. The maximum absolute atomic E-state index is 13.6. The van der Waals surface area contributed by atoms with Gasteiger partial charge in [-0.3, -0.25) is 4.57 Å². The van der Waals surface area contributed by atoms with Crippen molar-refractivity contribution < 1.29 is 8.78 Å². The van der Waals surface area contributed by atoms with Crippen LogP contribution in [0, 0.1) is 23.3 Å². The predicted octanol–water partition coefficient (Wildman–Crippen LogP) is 4.93. The number of rotatable bonds is 1. The van der Waals surface area contributed by atoms with Crippen molar-refractivity contribution in [2.24, 2.45) is 0 Å². The van der Waals surface area contributed by atoms with Crippen LogP contribution in [-0.4, -0.2) is 9.55 Å². The summed E-state index contributed by atoms with van der Waals surface area (Å²) in [6, 6.07) is 7.40. The first-order chi connectivity index (χ1) is 9.47. The van der Waals surface area contributed by atoms with Crippen LogP contribution in [0.5, 0.6) is 0 Å². The van der Waals surface area contributed by atoms with E-state index in [1.54, 1.807) is 23.6 Å². The third-order valence-corrected chi connectivity index (χ3v) is 3.70. The zero-order chi connectivity index (χ0) is 14.4. The van der Waals surface area contributed by atoms with Gasteiger partial charge in [0.05, 0.1) is 16.1 Å². The van der Waals surface area contributed by atoms with E-state index in [-0.39, 0.29) is 10.8 Å². The fraction of sp³-hybridized carbons (Fsp3) is 0.0714. The fourth-order valence-corrected chi connectivity index (χ4v) is 2.60. The van der Waals surface area contributed by atoms with E-state index in [0.29, 0.717) is 27.1 Å². The lowest BCUT2D eigenvalue weighted by Crippen LogP contribution is -1.96. The molecule has 0 atom stereocenters. The Morgan fingerprint density at radius 2 is 1.90 bits per heavy atom. The number of imidazole rings is 1. The molecule has 20 heavy (non-hydrogen) atoms. The van der Waals surface area contributed by atoms with Crippen LogP contribution >= 0.6 is 23.8 Å². The Kier molecular flexibility index (Phi) is 3.11. The number of aromatic nitrogens is 2. The molecule has 0 fully saturated rings. The summed E-state index contributed by atoms with van der Waals surface area (Å²) in [7, 11) is 0. The topological polar surface area (TPSA) is 20.7 Å². The van der Waals surface area contributed by atoms with E-state index in [1.807, 2.05) is 0 Å². The Hall–Kier alpha value is -1.72. The monoisotopic (exact) mass is 310 g/mol. The predicted molar refractivity (Wildman–Crippen MR) is 78.1 cm³/mol. The zero-order valence-corrected chi connectivity index (χ0v) is 11.9. The number of aromatic amines is 1. The first kappa shape index (κ1) is 13.3. The summed E-state index contributed by atoms with van der Waals surface area (Å²) in [5.41, 5.74) is 2.35. The van der Waals surface area contributed by atoms with Gasteiger partial charge in [-0.2, -0.15) is 0 Å². The molecule has 0 spiro atoms. The lowest BCUT2D eigenvalue weighted by atomic mass is 10.2. The number of halogens is 3.